The molecule has 0 aliphatic heterocycles. The van der Waals surface area contributed by atoms with Crippen LogP contribution < -0.4 is 5.32 Å². The van der Waals surface area contributed by atoms with E-state index in [0.717, 1.165) is 5.56 Å². The van der Waals surface area contributed by atoms with Gasteiger partial charge in [-0.3, -0.25) is 10.1 Å². The minimum absolute atomic E-state index is 0.0479. The smallest absolute Gasteiger partial charge is 0.269 e. The Bertz CT molecular complexity index is 438. The van der Waals surface area contributed by atoms with Crippen molar-refractivity contribution in [3.63, 3.8) is 0 Å². The number of nitro benzene ring substituents is 1. The second kappa shape index (κ2) is 6.88. The average Bonchev–Trinajstić information content (AvgIpc) is 2.36. The lowest BCUT2D eigenvalue weighted by Gasteiger charge is -2.25. The maximum atomic E-state index is 10.7. The number of non-ortho nitro benzene ring substituents is 1. The third kappa shape index (κ3) is 5.18. The Morgan fingerprint density at radius 3 is 2.84 bits per heavy atom. The second-order valence-electron chi connectivity index (χ2n) is 4.88. The molecule has 0 radical (unpaired) electrons. The first-order valence-electron chi connectivity index (χ1n) is 6.05. The first kappa shape index (κ1) is 15.9. The molecule has 1 aromatic carbocycles. The van der Waals surface area contributed by atoms with Gasteiger partial charge in [0.1, 0.15) is 0 Å². The molecular formula is C13H20N2O3S. The molecule has 0 spiro atoms. The lowest BCUT2D eigenvalue weighted by atomic mass is 10.1. The van der Waals surface area contributed by atoms with E-state index in [1.54, 1.807) is 30.8 Å². The van der Waals surface area contributed by atoms with Gasteiger partial charge in [0.2, 0.25) is 0 Å². The quantitative estimate of drug-likeness (QED) is 0.594. The molecule has 106 valence electrons. The lowest BCUT2D eigenvalue weighted by Crippen LogP contribution is -2.40. The number of hydrogen-bond donors (Lipinski definition) is 2. The highest BCUT2D eigenvalue weighted by atomic mass is 32.2. The molecule has 0 fully saturated rings. The summed E-state index contributed by atoms with van der Waals surface area (Å²) in [6.45, 7) is 4.14. The van der Waals surface area contributed by atoms with Gasteiger partial charge >= 0.3 is 0 Å². The van der Waals surface area contributed by atoms with Crippen LogP contribution in [-0.2, 0) is 0 Å². The predicted molar refractivity (Wildman–Crippen MR) is 78.5 cm³/mol. The number of aliphatic hydroxyl groups is 1. The van der Waals surface area contributed by atoms with Crippen molar-refractivity contribution in [3.8, 4) is 0 Å². The van der Waals surface area contributed by atoms with E-state index in [2.05, 4.69) is 5.32 Å². The third-order valence-electron chi connectivity index (χ3n) is 2.83. The number of hydrogen-bond acceptors (Lipinski definition) is 5. The Morgan fingerprint density at radius 1 is 1.58 bits per heavy atom. The van der Waals surface area contributed by atoms with E-state index >= 15 is 0 Å². The van der Waals surface area contributed by atoms with Gasteiger partial charge in [0.25, 0.3) is 5.69 Å². The highest BCUT2D eigenvalue weighted by Crippen LogP contribution is 2.19. The maximum Gasteiger partial charge on any atom is 0.269 e. The van der Waals surface area contributed by atoms with E-state index in [9.17, 15) is 15.2 Å². The summed E-state index contributed by atoms with van der Waals surface area (Å²) in [4.78, 5) is 10.3. The van der Waals surface area contributed by atoms with E-state index in [1.807, 2.05) is 19.2 Å². The molecule has 2 unspecified atom stereocenters. The van der Waals surface area contributed by atoms with Crippen LogP contribution in [0.4, 0.5) is 5.69 Å². The van der Waals surface area contributed by atoms with Crippen LogP contribution in [0.25, 0.3) is 0 Å². The molecule has 5 nitrogen and oxygen atoms in total. The fourth-order valence-electron chi connectivity index (χ4n) is 1.76. The third-order valence-corrected chi connectivity index (χ3v) is 3.74. The summed E-state index contributed by atoms with van der Waals surface area (Å²) in [7, 11) is 0. The Labute approximate surface area is 117 Å². The van der Waals surface area contributed by atoms with Crippen molar-refractivity contribution in [1.29, 1.82) is 0 Å². The van der Waals surface area contributed by atoms with Crippen LogP contribution in [0, 0.1) is 10.1 Å². The van der Waals surface area contributed by atoms with Gasteiger partial charge in [-0.25, -0.2) is 0 Å². The molecule has 0 bridgehead atoms. The van der Waals surface area contributed by atoms with Crippen LogP contribution in [0.2, 0.25) is 0 Å². The first-order valence-corrected chi connectivity index (χ1v) is 7.44. The van der Waals surface area contributed by atoms with Gasteiger partial charge in [-0.05, 0) is 25.7 Å². The molecule has 1 rings (SSSR count). The Hall–Kier alpha value is -1.11. The fraction of sp³-hybridized carbons (Fsp3) is 0.538. The largest absolute Gasteiger partial charge is 0.388 e. The van der Waals surface area contributed by atoms with Crippen molar-refractivity contribution in [3.05, 3.63) is 39.9 Å². The number of nitrogens with one attached hydrogen (secondary N) is 1. The number of nitrogens with zero attached hydrogens (tertiary/aromatic N) is 1. The molecule has 2 N–H and O–H groups in total. The highest BCUT2D eigenvalue weighted by Gasteiger charge is 2.20. The molecule has 0 heterocycles. The minimum atomic E-state index is -0.783. The summed E-state index contributed by atoms with van der Waals surface area (Å²) in [5.41, 5.74) is 0.144. The van der Waals surface area contributed by atoms with Crippen molar-refractivity contribution in [2.24, 2.45) is 0 Å². The second-order valence-corrected chi connectivity index (χ2v) is 5.75. The molecule has 0 aromatic heterocycles. The molecule has 19 heavy (non-hydrogen) atoms. The van der Waals surface area contributed by atoms with Crippen molar-refractivity contribution >= 4 is 17.4 Å². The zero-order valence-corrected chi connectivity index (χ0v) is 12.2. The standard InChI is InChI=1S/C13H20N2O3S/c1-10(14-8-13(2,16)9-19-3)11-5-4-6-12(7-11)15(17)18/h4-7,10,14,16H,8-9H2,1-3H3. The topological polar surface area (TPSA) is 75.4 Å². The Balaban J connectivity index is 2.65. The molecular weight excluding hydrogens is 264 g/mol. The molecule has 0 amide bonds. The molecule has 0 aliphatic rings. The summed E-state index contributed by atoms with van der Waals surface area (Å²) in [5, 5.41) is 24.0. The molecule has 2 atom stereocenters. The average molecular weight is 284 g/mol. The van der Waals surface area contributed by atoms with Gasteiger partial charge in [-0.1, -0.05) is 12.1 Å². The van der Waals surface area contributed by atoms with Crippen LogP contribution in [0.1, 0.15) is 25.5 Å². The maximum absolute atomic E-state index is 10.7. The van der Waals surface area contributed by atoms with E-state index in [4.69, 9.17) is 0 Å². The summed E-state index contributed by atoms with van der Waals surface area (Å²) >= 11 is 1.58. The number of rotatable bonds is 7. The van der Waals surface area contributed by atoms with E-state index < -0.39 is 10.5 Å². The van der Waals surface area contributed by atoms with Gasteiger partial charge in [0.15, 0.2) is 0 Å². The van der Waals surface area contributed by atoms with Crippen LogP contribution in [0.15, 0.2) is 24.3 Å². The van der Waals surface area contributed by atoms with Crippen LogP contribution >= 0.6 is 11.8 Å². The SMILES string of the molecule is CSCC(C)(O)CNC(C)c1cccc([N+](=O)[O-])c1. The molecule has 0 saturated carbocycles. The number of benzene rings is 1. The van der Waals surface area contributed by atoms with Gasteiger partial charge in [-0.2, -0.15) is 11.8 Å². The molecule has 0 aliphatic carbocycles. The lowest BCUT2D eigenvalue weighted by molar-refractivity contribution is -0.384. The highest BCUT2D eigenvalue weighted by molar-refractivity contribution is 7.98. The Kier molecular flexibility index (Phi) is 5.78. The number of thioether (sulfide) groups is 1. The zero-order chi connectivity index (χ0) is 14.5. The molecule has 1 aromatic rings. The van der Waals surface area contributed by atoms with Crippen LogP contribution in [-0.4, -0.2) is 34.2 Å². The summed E-state index contributed by atoms with van der Waals surface area (Å²) in [5.74, 6) is 0.641. The van der Waals surface area contributed by atoms with Gasteiger partial charge in [-0.15, -0.1) is 0 Å². The first-order chi connectivity index (χ1) is 8.85. The number of nitro groups is 1. The van der Waals surface area contributed by atoms with Crippen molar-refractivity contribution in [2.45, 2.75) is 25.5 Å². The minimum Gasteiger partial charge on any atom is -0.388 e. The van der Waals surface area contributed by atoms with Gasteiger partial charge in [0.05, 0.1) is 10.5 Å². The van der Waals surface area contributed by atoms with Gasteiger partial charge in [0, 0.05) is 30.5 Å². The van der Waals surface area contributed by atoms with Crippen molar-refractivity contribution in [1.82, 2.24) is 5.32 Å². The predicted octanol–water partition coefficient (Wildman–Crippen LogP) is 2.36. The van der Waals surface area contributed by atoms with Crippen molar-refractivity contribution in [2.75, 3.05) is 18.6 Å². The Morgan fingerprint density at radius 2 is 2.26 bits per heavy atom. The monoisotopic (exact) mass is 284 g/mol. The van der Waals surface area contributed by atoms with E-state index in [1.165, 1.54) is 6.07 Å². The van der Waals surface area contributed by atoms with Gasteiger partial charge < -0.3 is 10.4 Å². The van der Waals surface area contributed by atoms with E-state index in [-0.39, 0.29) is 11.7 Å². The zero-order valence-electron chi connectivity index (χ0n) is 11.4. The summed E-state index contributed by atoms with van der Waals surface area (Å²) < 4.78 is 0. The van der Waals surface area contributed by atoms with Crippen LogP contribution in [0.5, 0.6) is 0 Å². The van der Waals surface area contributed by atoms with E-state index in [0.29, 0.717) is 12.3 Å². The van der Waals surface area contributed by atoms with Crippen LogP contribution in [0.3, 0.4) is 0 Å². The molecule has 6 heteroatoms. The summed E-state index contributed by atoms with van der Waals surface area (Å²) in [6.07, 6.45) is 1.94. The summed E-state index contributed by atoms with van der Waals surface area (Å²) in [6, 6.07) is 6.49. The normalized spacial score (nSPS) is 15.8. The molecule has 0 saturated heterocycles. The van der Waals surface area contributed by atoms with Crippen molar-refractivity contribution < 1.29 is 10.0 Å². The fourth-order valence-corrected chi connectivity index (χ4v) is 2.48.